The van der Waals surface area contributed by atoms with Gasteiger partial charge in [-0.05, 0) is 39.7 Å². The first-order valence-corrected chi connectivity index (χ1v) is 6.55. The van der Waals surface area contributed by atoms with Crippen molar-refractivity contribution in [3.05, 3.63) is 0 Å². The zero-order valence-electron chi connectivity index (χ0n) is 11.0. The second-order valence-corrected chi connectivity index (χ2v) is 5.92. The maximum atomic E-state index is 13.0. The first-order chi connectivity index (χ1) is 7.90. The van der Waals surface area contributed by atoms with Crippen LogP contribution >= 0.6 is 0 Å². The van der Waals surface area contributed by atoms with Crippen molar-refractivity contribution in [2.75, 3.05) is 20.2 Å². The predicted octanol–water partition coefficient (Wildman–Crippen LogP) is 2.92. The highest BCUT2D eigenvalue weighted by Crippen LogP contribution is 2.67. The molecule has 17 heavy (non-hydrogen) atoms. The summed E-state index contributed by atoms with van der Waals surface area (Å²) in [6.07, 6.45) is 3.67. The molecule has 1 saturated carbocycles. The minimum Gasteiger partial charge on any atom is -0.382 e. The molecule has 2 aliphatic heterocycles. The van der Waals surface area contributed by atoms with Gasteiger partial charge in [0, 0.05) is 26.1 Å². The smallest absolute Gasteiger partial charge is 0.255 e. The van der Waals surface area contributed by atoms with Gasteiger partial charge < -0.3 is 4.74 Å². The van der Waals surface area contributed by atoms with Crippen LogP contribution in [0.25, 0.3) is 0 Å². The topological polar surface area (TPSA) is 12.5 Å². The quantitative estimate of drug-likeness (QED) is 0.706. The van der Waals surface area contributed by atoms with E-state index in [0.717, 1.165) is 19.4 Å². The van der Waals surface area contributed by atoms with Crippen molar-refractivity contribution in [1.82, 2.24) is 4.90 Å². The van der Waals surface area contributed by atoms with Crippen molar-refractivity contribution < 1.29 is 13.5 Å². The summed E-state index contributed by atoms with van der Waals surface area (Å²) in [5, 5.41) is 0. The number of fused-ring (bicyclic) bond motifs is 1. The molecule has 2 heterocycles. The van der Waals surface area contributed by atoms with Crippen LogP contribution in [0.1, 0.15) is 39.5 Å². The number of nitrogens with zero attached hydrogens (tertiary/aromatic N) is 1. The van der Waals surface area contributed by atoms with Gasteiger partial charge >= 0.3 is 0 Å². The normalized spacial score (nSPS) is 38.1. The lowest BCUT2D eigenvalue weighted by molar-refractivity contribution is 0.0660. The number of hydrogen-bond donors (Lipinski definition) is 0. The minimum absolute atomic E-state index is 0.160. The number of halogens is 2. The van der Waals surface area contributed by atoms with Gasteiger partial charge in [-0.1, -0.05) is 0 Å². The predicted molar refractivity (Wildman–Crippen MR) is 63.4 cm³/mol. The number of rotatable bonds is 1. The summed E-state index contributed by atoms with van der Waals surface area (Å²) >= 11 is 0. The summed E-state index contributed by atoms with van der Waals surface area (Å²) in [7, 11) is 1.70. The zero-order chi connectivity index (χ0) is 12.7. The fourth-order valence-corrected chi connectivity index (χ4v) is 3.01. The Morgan fingerprint density at radius 2 is 1.94 bits per heavy atom. The molecule has 0 aromatic carbocycles. The van der Waals surface area contributed by atoms with Crippen molar-refractivity contribution in [2.24, 2.45) is 5.41 Å². The van der Waals surface area contributed by atoms with Crippen molar-refractivity contribution in [3.8, 4) is 0 Å². The number of alkyl halides is 2. The first-order valence-electron chi connectivity index (χ1n) is 6.55. The van der Waals surface area contributed by atoms with Crippen LogP contribution in [0, 0.1) is 5.41 Å². The molecular weight excluding hydrogens is 224 g/mol. The Morgan fingerprint density at radius 3 is 2.35 bits per heavy atom. The van der Waals surface area contributed by atoms with Gasteiger partial charge in [-0.2, -0.15) is 0 Å². The molecule has 2 nitrogen and oxygen atoms in total. The molecule has 2 atom stereocenters. The van der Waals surface area contributed by atoms with Gasteiger partial charge in [0.15, 0.2) is 0 Å². The van der Waals surface area contributed by atoms with Crippen molar-refractivity contribution in [3.63, 3.8) is 0 Å². The molecule has 1 aliphatic carbocycles. The molecule has 3 fully saturated rings. The van der Waals surface area contributed by atoms with E-state index in [0.29, 0.717) is 18.7 Å². The van der Waals surface area contributed by atoms with Crippen LogP contribution in [0.4, 0.5) is 8.78 Å². The molecular formula is C13H23F2NO. The van der Waals surface area contributed by atoms with E-state index in [1.165, 1.54) is 6.42 Å². The summed E-state index contributed by atoms with van der Waals surface area (Å²) in [5.41, 5.74) is -0.571. The van der Waals surface area contributed by atoms with Crippen LogP contribution in [0.2, 0.25) is 0 Å². The van der Waals surface area contributed by atoms with Crippen LogP contribution in [-0.2, 0) is 4.74 Å². The van der Waals surface area contributed by atoms with Gasteiger partial charge in [0.25, 0.3) is 5.92 Å². The average Bonchev–Trinajstić information content (AvgIpc) is 2.56. The maximum Gasteiger partial charge on any atom is 0.255 e. The fraction of sp³-hybridized carbons (Fsp3) is 1.00. The van der Waals surface area contributed by atoms with E-state index in [-0.39, 0.29) is 6.42 Å². The third kappa shape index (κ3) is 2.48. The largest absolute Gasteiger partial charge is 0.382 e. The molecule has 1 spiro atoms. The number of hydrogen-bond acceptors (Lipinski definition) is 2. The Labute approximate surface area is 102 Å². The average molecular weight is 247 g/mol. The van der Waals surface area contributed by atoms with E-state index in [4.69, 9.17) is 4.74 Å². The number of methoxy groups -OCH3 is 1. The summed E-state index contributed by atoms with van der Waals surface area (Å²) in [4.78, 5) is 2.26. The Morgan fingerprint density at radius 1 is 1.35 bits per heavy atom. The van der Waals surface area contributed by atoms with E-state index in [9.17, 15) is 8.78 Å². The van der Waals surface area contributed by atoms with Gasteiger partial charge in [-0.3, -0.25) is 4.90 Å². The van der Waals surface area contributed by atoms with Crippen LogP contribution in [0.5, 0.6) is 0 Å². The molecule has 4 heteroatoms. The third-order valence-electron chi connectivity index (χ3n) is 4.31. The Bertz CT molecular complexity index is 269. The lowest BCUT2D eigenvalue weighted by atomic mass is 10.0. The summed E-state index contributed by atoms with van der Waals surface area (Å²) < 4.78 is 30.7. The zero-order valence-corrected chi connectivity index (χ0v) is 11.0. The molecule has 3 rings (SSSR count). The highest BCUT2D eigenvalue weighted by Gasteiger charge is 2.74. The summed E-state index contributed by atoms with van der Waals surface area (Å²) in [6.45, 7) is 5.73. The SMILES string of the molecule is COC(C)C.FC1(F)CC12CC1CCCN1C2. The fourth-order valence-electron chi connectivity index (χ4n) is 3.01. The highest BCUT2D eigenvalue weighted by molar-refractivity contribution is 5.17. The minimum atomic E-state index is -2.32. The molecule has 0 aromatic heterocycles. The van der Waals surface area contributed by atoms with Crippen LogP contribution < -0.4 is 0 Å². The van der Waals surface area contributed by atoms with Gasteiger partial charge in [0.05, 0.1) is 11.5 Å². The molecule has 0 bridgehead atoms. The van der Waals surface area contributed by atoms with Crippen molar-refractivity contribution >= 4 is 0 Å². The molecule has 2 saturated heterocycles. The van der Waals surface area contributed by atoms with E-state index in [1.807, 2.05) is 13.8 Å². The van der Waals surface area contributed by atoms with Crippen LogP contribution in [0.3, 0.4) is 0 Å². The maximum absolute atomic E-state index is 13.0. The van der Waals surface area contributed by atoms with Gasteiger partial charge in [0.1, 0.15) is 0 Å². The Balaban J connectivity index is 0.000000188. The third-order valence-corrected chi connectivity index (χ3v) is 4.31. The van der Waals surface area contributed by atoms with E-state index in [2.05, 4.69) is 4.90 Å². The highest BCUT2D eigenvalue weighted by atomic mass is 19.3. The molecule has 100 valence electrons. The van der Waals surface area contributed by atoms with E-state index >= 15 is 0 Å². The molecule has 0 N–H and O–H groups in total. The second kappa shape index (κ2) is 4.47. The second-order valence-electron chi connectivity index (χ2n) is 5.92. The number of ether oxygens (including phenoxy) is 1. The first kappa shape index (κ1) is 13.2. The standard InChI is InChI=1S/C9H13F2N.C4H10O/c10-9(11)5-8(9)4-7-2-1-3-12(7)6-8;1-4(2)5-3/h7H,1-6H2;4H,1-3H3. The molecule has 0 aromatic rings. The van der Waals surface area contributed by atoms with Crippen LogP contribution in [-0.4, -0.2) is 43.2 Å². The van der Waals surface area contributed by atoms with Crippen molar-refractivity contribution in [1.29, 1.82) is 0 Å². The lowest BCUT2D eigenvalue weighted by Gasteiger charge is -2.12. The van der Waals surface area contributed by atoms with E-state index in [1.54, 1.807) is 7.11 Å². The molecule has 2 unspecified atom stereocenters. The Kier molecular flexibility index (Phi) is 3.47. The van der Waals surface area contributed by atoms with Gasteiger partial charge in [-0.15, -0.1) is 0 Å². The molecule has 0 radical (unpaired) electrons. The monoisotopic (exact) mass is 247 g/mol. The summed E-state index contributed by atoms with van der Waals surface area (Å²) in [5.74, 6) is -2.32. The van der Waals surface area contributed by atoms with Gasteiger partial charge in [0.2, 0.25) is 0 Å². The summed E-state index contributed by atoms with van der Waals surface area (Å²) in [6, 6.07) is 0.498. The molecule has 3 aliphatic rings. The van der Waals surface area contributed by atoms with E-state index < -0.39 is 11.3 Å². The lowest BCUT2D eigenvalue weighted by Crippen LogP contribution is -2.23. The van der Waals surface area contributed by atoms with Crippen LogP contribution in [0.15, 0.2) is 0 Å². The molecule has 0 amide bonds. The van der Waals surface area contributed by atoms with Gasteiger partial charge in [-0.25, -0.2) is 8.78 Å². The van der Waals surface area contributed by atoms with Crippen molar-refractivity contribution in [2.45, 2.75) is 57.6 Å². The Hall–Kier alpha value is -0.220.